The lowest BCUT2D eigenvalue weighted by atomic mass is 9.95. The van der Waals surface area contributed by atoms with Gasteiger partial charge in [0.2, 0.25) is 5.91 Å². The van der Waals surface area contributed by atoms with E-state index in [1.807, 2.05) is 41.3 Å². The summed E-state index contributed by atoms with van der Waals surface area (Å²) in [7, 11) is 1.62. The van der Waals surface area contributed by atoms with Crippen LogP contribution >= 0.6 is 0 Å². The first kappa shape index (κ1) is 20.0. The van der Waals surface area contributed by atoms with Crippen molar-refractivity contribution >= 4 is 17.5 Å². The zero-order valence-corrected chi connectivity index (χ0v) is 18.6. The van der Waals surface area contributed by atoms with Crippen molar-refractivity contribution in [3.05, 3.63) is 65.5 Å². The van der Waals surface area contributed by atoms with E-state index in [2.05, 4.69) is 22.3 Å². The molecular formula is C26H26N4O3. The average Bonchev–Trinajstić information content (AvgIpc) is 3.57. The molecule has 7 heteroatoms. The number of aryl methyl sites for hydroxylation is 1. The zero-order chi connectivity index (χ0) is 22.5. The van der Waals surface area contributed by atoms with Crippen LogP contribution in [0.3, 0.4) is 0 Å². The highest BCUT2D eigenvalue weighted by Gasteiger charge is 2.53. The van der Waals surface area contributed by atoms with E-state index < -0.39 is 6.04 Å². The van der Waals surface area contributed by atoms with Crippen molar-refractivity contribution in [2.45, 2.75) is 44.2 Å². The van der Waals surface area contributed by atoms with Crippen LogP contribution in [-0.2, 0) is 17.6 Å². The third-order valence-electron chi connectivity index (χ3n) is 7.23. The number of hydrogen-bond donors (Lipinski definition) is 1. The third kappa shape index (κ3) is 3.14. The van der Waals surface area contributed by atoms with Crippen LogP contribution in [-0.4, -0.2) is 52.6 Å². The highest BCUT2D eigenvalue weighted by Crippen LogP contribution is 2.42. The number of amides is 2. The number of piperazine rings is 1. The second-order valence-electron chi connectivity index (χ2n) is 9.06. The standard InChI is InChI=1S/C26H26N4O3/c1-33-23-12-11-17(16-7-3-2-4-8-16)13-21(23)30-18-14-22(25(30)31)29(15-18)26(32)24-19-9-5-6-10-20(19)27-28-24/h2-4,7-8,11-13,18,22H,5-6,9-10,14-15H2,1H3,(H,27,28)/t18-,22-/m0/s1. The van der Waals surface area contributed by atoms with E-state index in [-0.39, 0.29) is 17.9 Å². The van der Waals surface area contributed by atoms with Crippen molar-refractivity contribution in [2.24, 2.45) is 0 Å². The fourth-order valence-corrected chi connectivity index (χ4v) is 5.60. The van der Waals surface area contributed by atoms with E-state index in [0.717, 1.165) is 53.8 Å². The summed E-state index contributed by atoms with van der Waals surface area (Å²) in [6.45, 7) is 0.510. The lowest BCUT2D eigenvalue weighted by Crippen LogP contribution is -2.52. The lowest BCUT2D eigenvalue weighted by molar-refractivity contribution is -0.121. The van der Waals surface area contributed by atoms with E-state index in [1.165, 1.54) is 0 Å². The van der Waals surface area contributed by atoms with Crippen LogP contribution in [0.5, 0.6) is 5.75 Å². The predicted molar refractivity (Wildman–Crippen MR) is 124 cm³/mol. The zero-order valence-electron chi connectivity index (χ0n) is 18.6. The minimum absolute atomic E-state index is 0.0486. The molecule has 2 amide bonds. The van der Waals surface area contributed by atoms with Gasteiger partial charge in [0.25, 0.3) is 5.91 Å². The minimum Gasteiger partial charge on any atom is -0.495 e. The number of benzene rings is 2. The summed E-state index contributed by atoms with van der Waals surface area (Å²) in [5.74, 6) is 0.488. The first-order valence-electron chi connectivity index (χ1n) is 11.6. The summed E-state index contributed by atoms with van der Waals surface area (Å²) < 4.78 is 5.61. The Labute approximate surface area is 192 Å². The number of nitrogens with one attached hydrogen (secondary N) is 1. The molecule has 2 atom stereocenters. The van der Waals surface area contributed by atoms with Gasteiger partial charge < -0.3 is 14.5 Å². The van der Waals surface area contributed by atoms with Crippen LogP contribution in [0.1, 0.15) is 41.0 Å². The van der Waals surface area contributed by atoms with E-state index >= 15 is 0 Å². The number of aromatic nitrogens is 2. The van der Waals surface area contributed by atoms with Gasteiger partial charge in [-0.2, -0.15) is 5.10 Å². The number of carbonyl (C=O) groups is 2. The number of likely N-dealkylation sites (tertiary alicyclic amines) is 1. The summed E-state index contributed by atoms with van der Waals surface area (Å²) in [6, 6.07) is 15.5. The fourth-order valence-electron chi connectivity index (χ4n) is 5.60. The SMILES string of the molecule is COc1ccc(-c2ccccc2)cc1N1C(=O)[C@@H]2C[C@H]1CN2C(=O)c1n[nH]c2c1CCCC2. The number of nitrogens with zero attached hydrogens (tertiary/aromatic N) is 3. The molecular weight excluding hydrogens is 416 g/mol. The fraction of sp³-hybridized carbons (Fsp3) is 0.346. The van der Waals surface area contributed by atoms with Crippen LogP contribution in [0.15, 0.2) is 48.5 Å². The second-order valence-corrected chi connectivity index (χ2v) is 9.06. The van der Waals surface area contributed by atoms with E-state index in [0.29, 0.717) is 24.4 Å². The largest absolute Gasteiger partial charge is 0.495 e. The van der Waals surface area contributed by atoms with Crippen LogP contribution in [0.2, 0.25) is 0 Å². The number of carbonyl (C=O) groups excluding carboxylic acids is 2. The molecule has 3 heterocycles. The number of rotatable bonds is 4. The monoisotopic (exact) mass is 442 g/mol. The normalized spacial score (nSPS) is 21.4. The van der Waals surface area contributed by atoms with Crippen molar-refractivity contribution in [2.75, 3.05) is 18.6 Å². The van der Waals surface area contributed by atoms with E-state index in [9.17, 15) is 9.59 Å². The van der Waals surface area contributed by atoms with Gasteiger partial charge in [0, 0.05) is 17.8 Å². The van der Waals surface area contributed by atoms with Crippen molar-refractivity contribution in [3.8, 4) is 16.9 Å². The van der Waals surface area contributed by atoms with Crippen molar-refractivity contribution in [3.63, 3.8) is 0 Å². The summed E-state index contributed by atoms with van der Waals surface area (Å²) >= 11 is 0. The number of ether oxygens (including phenoxy) is 1. The number of hydrogen-bond acceptors (Lipinski definition) is 4. The van der Waals surface area contributed by atoms with Crippen LogP contribution in [0.4, 0.5) is 5.69 Å². The van der Waals surface area contributed by atoms with Crippen molar-refractivity contribution in [1.82, 2.24) is 15.1 Å². The quantitative estimate of drug-likeness (QED) is 0.670. The molecule has 168 valence electrons. The maximum absolute atomic E-state index is 13.5. The third-order valence-corrected chi connectivity index (χ3v) is 7.23. The van der Waals surface area contributed by atoms with Crippen LogP contribution < -0.4 is 9.64 Å². The van der Waals surface area contributed by atoms with Crippen LogP contribution in [0.25, 0.3) is 11.1 Å². The number of aromatic amines is 1. The van der Waals surface area contributed by atoms with Gasteiger partial charge >= 0.3 is 0 Å². The Morgan fingerprint density at radius 3 is 2.70 bits per heavy atom. The van der Waals surface area contributed by atoms with Gasteiger partial charge in [0.1, 0.15) is 11.8 Å². The molecule has 7 nitrogen and oxygen atoms in total. The van der Waals surface area contributed by atoms with Crippen LogP contribution in [0, 0.1) is 0 Å². The number of methoxy groups -OCH3 is 1. The summed E-state index contributed by atoms with van der Waals surface area (Å²) in [5, 5.41) is 7.39. The molecule has 1 aliphatic carbocycles. The molecule has 1 aromatic heterocycles. The molecule has 2 fully saturated rings. The molecule has 1 N–H and O–H groups in total. The van der Waals surface area contributed by atoms with Gasteiger partial charge in [-0.3, -0.25) is 14.7 Å². The molecule has 2 aliphatic heterocycles. The van der Waals surface area contributed by atoms with Gasteiger partial charge in [-0.05, 0) is 55.4 Å². The number of H-pyrrole nitrogens is 1. The first-order valence-corrected chi connectivity index (χ1v) is 11.6. The predicted octanol–water partition coefficient (Wildman–Crippen LogP) is 3.59. The average molecular weight is 443 g/mol. The van der Waals surface area contributed by atoms with Gasteiger partial charge in [-0.1, -0.05) is 36.4 Å². The summed E-state index contributed by atoms with van der Waals surface area (Å²) in [5.41, 5.74) is 5.48. The molecule has 33 heavy (non-hydrogen) atoms. The molecule has 2 bridgehead atoms. The Hall–Kier alpha value is -3.61. The maximum Gasteiger partial charge on any atom is 0.275 e. The summed E-state index contributed by atoms with van der Waals surface area (Å²) in [6.07, 6.45) is 4.64. The second kappa shape index (κ2) is 7.76. The molecule has 0 spiro atoms. The minimum atomic E-state index is -0.455. The van der Waals surface area contributed by atoms with Crippen molar-refractivity contribution < 1.29 is 14.3 Å². The Bertz CT molecular complexity index is 1240. The molecule has 2 aromatic carbocycles. The van der Waals surface area contributed by atoms with Gasteiger partial charge in [-0.25, -0.2) is 0 Å². The molecule has 3 aromatic rings. The molecule has 3 aliphatic rings. The highest BCUT2D eigenvalue weighted by molar-refractivity contribution is 6.07. The van der Waals surface area contributed by atoms with E-state index in [1.54, 1.807) is 12.0 Å². The van der Waals surface area contributed by atoms with Crippen molar-refractivity contribution in [1.29, 1.82) is 0 Å². The van der Waals surface area contributed by atoms with Gasteiger partial charge in [0.15, 0.2) is 5.69 Å². The Kier molecular flexibility index (Phi) is 4.71. The van der Waals surface area contributed by atoms with Gasteiger partial charge in [-0.15, -0.1) is 0 Å². The Balaban J connectivity index is 1.29. The molecule has 0 radical (unpaired) electrons. The van der Waals surface area contributed by atoms with E-state index in [4.69, 9.17) is 4.74 Å². The lowest BCUT2D eigenvalue weighted by Gasteiger charge is -2.34. The van der Waals surface area contributed by atoms with Gasteiger partial charge in [0.05, 0.1) is 18.8 Å². The molecule has 6 rings (SSSR count). The highest BCUT2D eigenvalue weighted by atomic mass is 16.5. The maximum atomic E-state index is 13.5. The first-order chi connectivity index (χ1) is 16.2. The smallest absolute Gasteiger partial charge is 0.275 e. The molecule has 0 unspecified atom stereocenters. The topological polar surface area (TPSA) is 78.5 Å². The molecule has 0 saturated carbocycles. The number of fused-ring (bicyclic) bond motifs is 3. The molecule has 2 saturated heterocycles. The Morgan fingerprint density at radius 2 is 1.91 bits per heavy atom. The number of anilines is 1. The Morgan fingerprint density at radius 1 is 1.09 bits per heavy atom. The summed E-state index contributed by atoms with van der Waals surface area (Å²) in [4.78, 5) is 30.4.